The third kappa shape index (κ3) is 6.10. The molecule has 3 rings (SSSR count). The van der Waals surface area contributed by atoms with Crippen LogP contribution in [0.3, 0.4) is 0 Å². The molecule has 0 aliphatic heterocycles. The Balaban J connectivity index is 1.78. The molecular formula is C27H31ClN2O2. The van der Waals surface area contributed by atoms with Crippen LogP contribution >= 0.6 is 11.6 Å². The summed E-state index contributed by atoms with van der Waals surface area (Å²) in [6.07, 6.45) is 1.80. The van der Waals surface area contributed by atoms with E-state index in [2.05, 4.69) is 29.6 Å². The van der Waals surface area contributed by atoms with E-state index < -0.39 is 6.04 Å². The molecule has 3 aromatic rings. The lowest BCUT2D eigenvalue weighted by Crippen LogP contribution is -2.49. The van der Waals surface area contributed by atoms with Crippen LogP contribution in [0.5, 0.6) is 0 Å². The summed E-state index contributed by atoms with van der Waals surface area (Å²) >= 11 is 6.02. The van der Waals surface area contributed by atoms with E-state index >= 15 is 0 Å². The number of carbonyl (C=O) groups is 2. The van der Waals surface area contributed by atoms with Crippen LogP contribution in [0.4, 0.5) is 0 Å². The van der Waals surface area contributed by atoms with Gasteiger partial charge in [0, 0.05) is 24.0 Å². The number of nitrogens with one attached hydrogen (secondary N) is 1. The number of benzene rings is 3. The summed E-state index contributed by atoms with van der Waals surface area (Å²) in [6.45, 7) is 6.15. The van der Waals surface area contributed by atoms with Crippen molar-refractivity contribution in [3.05, 3.63) is 82.9 Å². The largest absolute Gasteiger partial charge is 0.352 e. The van der Waals surface area contributed by atoms with Gasteiger partial charge in [0.05, 0.1) is 0 Å². The van der Waals surface area contributed by atoms with Crippen molar-refractivity contribution in [2.24, 2.45) is 0 Å². The standard InChI is InChI=1S/C27H31ClN2O2/c1-4-19(2)29-27(32)20(3)30(18-21-12-15-24(28)16-13-21)26(31)17-14-23-10-7-9-22-8-5-6-11-25(22)23/h5-13,15-16,19-20H,4,14,17-18H2,1-3H3,(H,29,32). The van der Waals surface area contributed by atoms with Crippen LogP contribution < -0.4 is 5.32 Å². The lowest BCUT2D eigenvalue weighted by atomic mass is 10.0. The fourth-order valence-electron chi connectivity index (χ4n) is 3.73. The monoisotopic (exact) mass is 450 g/mol. The van der Waals surface area contributed by atoms with Crippen LogP contribution in [0.2, 0.25) is 5.02 Å². The summed E-state index contributed by atoms with van der Waals surface area (Å²) in [5, 5.41) is 5.97. The molecule has 4 nitrogen and oxygen atoms in total. The van der Waals surface area contributed by atoms with E-state index in [1.807, 2.05) is 44.2 Å². The average molecular weight is 451 g/mol. The molecular weight excluding hydrogens is 420 g/mol. The SMILES string of the molecule is CCC(C)NC(=O)C(C)N(Cc1ccc(Cl)cc1)C(=O)CCc1cccc2ccccc12. The Morgan fingerprint density at radius 2 is 1.66 bits per heavy atom. The van der Waals surface area contributed by atoms with Crippen molar-refractivity contribution in [3.63, 3.8) is 0 Å². The van der Waals surface area contributed by atoms with E-state index in [1.165, 1.54) is 0 Å². The highest BCUT2D eigenvalue weighted by atomic mass is 35.5. The van der Waals surface area contributed by atoms with Crippen molar-refractivity contribution in [2.75, 3.05) is 0 Å². The molecule has 32 heavy (non-hydrogen) atoms. The second kappa shape index (κ2) is 11.1. The van der Waals surface area contributed by atoms with E-state index in [9.17, 15) is 9.59 Å². The first-order valence-corrected chi connectivity index (χ1v) is 11.6. The number of hydrogen-bond donors (Lipinski definition) is 1. The molecule has 2 atom stereocenters. The fraction of sp³-hybridized carbons (Fsp3) is 0.333. The fourth-order valence-corrected chi connectivity index (χ4v) is 3.86. The van der Waals surface area contributed by atoms with Gasteiger partial charge in [-0.25, -0.2) is 0 Å². The van der Waals surface area contributed by atoms with Crippen LogP contribution in [0.25, 0.3) is 10.8 Å². The van der Waals surface area contributed by atoms with E-state index in [0.717, 1.165) is 28.3 Å². The summed E-state index contributed by atoms with van der Waals surface area (Å²) in [7, 11) is 0. The third-order valence-electron chi connectivity index (χ3n) is 5.92. The Morgan fingerprint density at radius 3 is 2.38 bits per heavy atom. The van der Waals surface area contributed by atoms with Crippen LogP contribution in [-0.2, 0) is 22.6 Å². The quantitative estimate of drug-likeness (QED) is 0.450. The molecule has 0 bridgehead atoms. The summed E-state index contributed by atoms with van der Waals surface area (Å²) < 4.78 is 0. The molecule has 0 aliphatic rings. The lowest BCUT2D eigenvalue weighted by Gasteiger charge is -2.30. The van der Waals surface area contributed by atoms with Crippen molar-refractivity contribution in [1.82, 2.24) is 10.2 Å². The molecule has 3 aromatic carbocycles. The minimum Gasteiger partial charge on any atom is -0.352 e. The molecule has 0 saturated carbocycles. The molecule has 0 spiro atoms. The second-order valence-corrected chi connectivity index (χ2v) is 8.72. The highest BCUT2D eigenvalue weighted by Crippen LogP contribution is 2.21. The molecule has 0 aromatic heterocycles. The van der Waals surface area contributed by atoms with Crippen LogP contribution in [0.1, 0.15) is 44.7 Å². The number of aryl methyl sites for hydroxylation is 1. The predicted octanol–water partition coefficient (Wildman–Crippen LogP) is 5.76. The summed E-state index contributed by atoms with van der Waals surface area (Å²) in [5.41, 5.74) is 2.08. The van der Waals surface area contributed by atoms with Gasteiger partial charge in [0.15, 0.2) is 0 Å². The van der Waals surface area contributed by atoms with Crippen LogP contribution in [0.15, 0.2) is 66.7 Å². The Bertz CT molecular complexity index is 1060. The van der Waals surface area contributed by atoms with Gasteiger partial charge in [-0.05, 0) is 60.7 Å². The van der Waals surface area contributed by atoms with E-state index in [1.54, 1.807) is 24.0 Å². The minimum absolute atomic E-state index is 0.0420. The first-order chi connectivity index (χ1) is 15.4. The van der Waals surface area contributed by atoms with Gasteiger partial charge in [0.25, 0.3) is 0 Å². The second-order valence-electron chi connectivity index (χ2n) is 8.28. The van der Waals surface area contributed by atoms with Gasteiger partial charge in [0.2, 0.25) is 11.8 Å². The first kappa shape index (κ1) is 23.8. The highest BCUT2D eigenvalue weighted by molar-refractivity contribution is 6.30. The molecule has 2 unspecified atom stereocenters. The molecule has 5 heteroatoms. The number of rotatable bonds is 9. The molecule has 0 radical (unpaired) electrons. The average Bonchev–Trinajstić information content (AvgIpc) is 2.81. The summed E-state index contributed by atoms with van der Waals surface area (Å²) in [6, 6.07) is 21.3. The number of amides is 2. The number of hydrogen-bond acceptors (Lipinski definition) is 2. The zero-order valence-electron chi connectivity index (χ0n) is 19.0. The van der Waals surface area contributed by atoms with Crippen molar-refractivity contribution >= 4 is 34.2 Å². The smallest absolute Gasteiger partial charge is 0.242 e. The Hall–Kier alpha value is -2.85. The molecule has 0 saturated heterocycles. The zero-order valence-corrected chi connectivity index (χ0v) is 19.7. The number of fused-ring (bicyclic) bond motifs is 1. The molecule has 0 fully saturated rings. The van der Waals surface area contributed by atoms with Gasteiger partial charge >= 0.3 is 0 Å². The van der Waals surface area contributed by atoms with Gasteiger partial charge in [-0.3, -0.25) is 9.59 Å². The molecule has 168 valence electrons. The van der Waals surface area contributed by atoms with Crippen molar-refractivity contribution < 1.29 is 9.59 Å². The topological polar surface area (TPSA) is 49.4 Å². The predicted molar refractivity (Wildman–Crippen MR) is 132 cm³/mol. The summed E-state index contributed by atoms with van der Waals surface area (Å²) in [5.74, 6) is -0.175. The Kier molecular flexibility index (Phi) is 8.29. The number of carbonyl (C=O) groups excluding carboxylic acids is 2. The van der Waals surface area contributed by atoms with Gasteiger partial charge in [0.1, 0.15) is 6.04 Å². The Labute approximate surface area is 195 Å². The van der Waals surface area contributed by atoms with Gasteiger partial charge in [-0.1, -0.05) is 73.1 Å². The maximum atomic E-state index is 13.3. The number of halogens is 1. The first-order valence-electron chi connectivity index (χ1n) is 11.2. The molecule has 0 aliphatic carbocycles. The molecule has 2 amide bonds. The Morgan fingerprint density at radius 1 is 0.969 bits per heavy atom. The lowest BCUT2D eigenvalue weighted by molar-refractivity contribution is -0.140. The van der Waals surface area contributed by atoms with E-state index in [4.69, 9.17) is 11.6 Å². The van der Waals surface area contributed by atoms with Crippen LogP contribution in [-0.4, -0.2) is 28.8 Å². The van der Waals surface area contributed by atoms with Gasteiger partial charge in [-0.15, -0.1) is 0 Å². The highest BCUT2D eigenvalue weighted by Gasteiger charge is 2.26. The van der Waals surface area contributed by atoms with Crippen molar-refractivity contribution in [2.45, 2.75) is 58.7 Å². The van der Waals surface area contributed by atoms with Crippen molar-refractivity contribution in [3.8, 4) is 0 Å². The third-order valence-corrected chi connectivity index (χ3v) is 6.17. The van der Waals surface area contributed by atoms with Crippen molar-refractivity contribution in [1.29, 1.82) is 0 Å². The summed E-state index contributed by atoms with van der Waals surface area (Å²) in [4.78, 5) is 27.8. The zero-order chi connectivity index (χ0) is 23.1. The molecule has 0 heterocycles. The van der Waals surface area contributed by atoms with Gasteiger partial charge in [-0.2, -0.15) is 0 Å². The van der Waals surface area contributed by atoms with E-state index in [-0.39, 0.29) is 17.9 Å². The number of nitrogens with zero attached hydrogens (tertiary/aromatic N) is 1. The van der Waals surface area contributed by atoms with Gasteiger partial charge < -0.3 is 10.2 Å². The maximum absolute atomic E-state index is 13.3. The maximum Gasteiger partial charge on any atom is 0.242 e. The normalized spacial score (nSPS) is 12.9. The minimum atomic E-state index is -0.570. The molecule has 1 N–H and O–H groups in total. The van der Waals surface area contributed by atoms with Crippen LogP contribution in [0, 0.1) is 0 Å². The van der Waals surface area contributed by atoms with E-state index in [0.29, 0.717) is 24.4 Å².